The van der Waals surface area contributed by atoms with Crippen LogP contribution in [0.5, 0.6) is 0 Å². The first-order valence-electron chi connectivity index (χ1n) is 5.24. The zero-order valence-electron chi connectivity index (χ0n) is 8.51. The lowest BCUT2D eigenvalue weighted by atomic mass is 10.1. The van der Waals surface area contributed by atoms with Gasteiger partial charge in [-0.1, -0.05) is 18.8 Å². The average Bonchev–Trinajstić information content (AvgIpc) is 2.68. The van der Waals surface area contributed by atoms with Gasteiger partial charge in [-0.25, -0.2) is 0 Å². The monoisotopic (exact) mass is 194 g/mol. The average molecular weight is 194 g/mol. The molecular weight excluding hydrogens is 176 g/mol. The Morgan fingerprint density at radius 2 is 2.14 bits per heavy atom. The van der Waals surface area contributed by atoms with Crippen LogP contribution >= 0.6 is 0 Å². The van der Waals surface area contributed by atoms with Gasteiger partial charge in [0, 0.05) is 6.54 Å². The molecule has 0 aromatic heterocycles. The van der Waals surface area contributed by atoms with Crippen LogP contribution in [0.4, 0.5) is 0 Å². The summed E-state index contributed by atoms with van der Waals surface area (Å²) in [6.45, 7) is 1.62. The summed E-state index contributed by atoms with van der Waals surface area (Å²) in [6, 6.07) is 0. The van der Waals surface area contributed by atoms with E-state index < -0.39 is 0 Å². The van der Waals surface area contributed by atoms with Gasteiger partial charge in [-0.05, 0) is 18.8 Å². The molecule has 1 aliphatic carbocycles. The van der Waals surface area contributed by atoms with E-state index in [9.17, 15) is 4.79 Å². The Bertz CT molecular complexity index is 214. The number of amides is 1. The lowest BCUT2D eigenvalue weighted by Crippen LogP contribution is -2.36. The van der Waals surface area contributed by atoms with Crippen LogP contribution in [-0.2, 0) is 4.79 Å². The van der Waals surface area contributed by atoms with Crippen LogP contribution in [0.25, 0.3) is 0 Å². The lowest BCUT2D eigenvalue weighted by molar-refractivity contribution is -0.120. The summed E-state index contributed by atoms with van der Waals surface area (Å²) >= 11 is 0. The zero-order valence-corrected chi connectivity index (χ0v) is 8.51. The van der Waals surface area contributed by atoms with Crippen molar-refractivity contribution in [3.05, 3.63) is 0 Å². The first-order chi connectivity index (χ1) is 6.83. The van der Waals surface area contributed by atoms with Crippen molar-refractivity contribution in [2.24, 2.45) is 5.92 Å². The van der Waals surface area contributed by atoms with E-state index in [1.165, 1.54) is 25.7 Å². The van der Waals surface area contributed by atoms with E-state index in [2.05, 4.69) is 16.6 Å². The van der Waals surface area contributed by atoms with Crippen LogP contribution < -0.4 is 10.6 Å². The third kappa shape index (κ3) is 4.29. The van der Waals surface area contributed by atoms with Gasteiger partial charge in [0.1, 0.15) is 0 Å². The minimum absolute atomic E-state index is 0.0483. The highest BCUT2D eigenvalue weighted by Gasteiger charge is 2.15. The predicted molar refractivity (Wildman–Crippen MR) is 56.7 cm³/mol. The fourth-order valence-electron chi connectivity index (χ4n) is 1.78. The highest BCUT2D eigenvalue weighted by Crippen LogP contribution is 2.23. The molecule has 0 heterocycles. The standard InChI is InChI=1S/C11H18N2O/c1-2-7-12-9-11(14)13-8-10-5-3-4-6-10/h1,10,12H,3-9H2,(H,13,14). The molecule has 0 unspecified atom stereocenters. The summed E-state index contributed by atoms with van der Waals surface area (Å²) in [5.41, 5.74) is 0. The Labute approximate surface area is 85.6 Å². The molecular formula is C11H18N2O. The molecule has 0 saturated heterocycles. The van der Waals surface area contributed by atoms with Crippen molar-refractivity contribution in [1.82, 2.24) is 10.6 Å². The number of carbonyl (C=O) groups is 1. The first-order valence-corrected chi connectivity index (χ1v) is 5.24. The van der Waals surface area contributed by atoms with Crippen LogP contribution in [0, 0.1) is 18.3 Å². The van der Waals surface area contributed by atoms with Crippen LogP contribution in [0.2, 0.25) is 0 Å². The predicted octanol–water partition coefficient (Wildman–Crippen LogP) is 0.516. The Kier molecular flexibility index (Phi) is 5.09. The minimum atomic E-state index is 0.0483. The number of hydrogen-bond acceptors (Lipinski definition) is 2. The van der Waals surface area contributed by atoms with Gasteiger partial charge in [-0.15, -0.1) is 6.42 Å². The summed E-state index contributed by atoms with van der Waals surface area (Å²) < 4.78 is 0. The molecule has 1 aliphatic rings. The van der Waals surface area contributed by atoms with Gasteiger partial charge >= 0.3 is 0 Å². The molecule has 0 aromatic carbocycles. The van der Waals surface area contributed by atoms with Gasteiger partial charge in [0.2, 0.25) is 5.91 Å². The van der Waals surface area contributed by atoms with Gasteiger partial charge in [0.15, 0.2) is 0 Å². The second-order valence-corrected chi connectivity index (χ2v) is 3.76. The molecule has 0 radical (unpaired) electrons. The van der Waals surface area contributed by atoms with E-state index in [0.717, 1.165) is 6.54 Å². The quantitative estimate of drug-likeness (QED) is 0.495. The highest BCUT2D eigenvalue weighted by atomic mass is 16.1. The molecule has 0 atom stereocenters. The molecule has 0 aromatic rings. The van der Waals surface area contributed by atoms with Crippen LogP contribution in [0.1, 0.15) is 25.7 Å². The molecule has 2 N–H and O–H groups in total. The second-order valence-electron chi connectivity index (χ2n) is 3.76. The maximum atomic E-state index is 11.2. The third-order valence-electron chi connectivity index (χ3n) is 2.58. The normalized spacial score (nSPS) is 16.5. The SMILES string of the molecule is C#CCNCC(=O)NCC1CCCC1. The van der Waals surface area contributed by atoms with E-state index in [1.54, 1.807) is 0 Å². The number of carbonyl (C=O) groups excluding carboxylic acids is 1. The Morgan fingerprint density at radius 3 is 2.79 bits per heavy atom. The first kappa shape index (κ1) is 11.1. The molecule has 1 rings (SSSR count). The van der Waals surface area contributed by atoms with Crippen molar-refractivity contribution >= 4 is 5.91 Å². The fraction of sp³-hybridized carbons (Fsp3) is 0.727. The summed E-state index contributed by atoms with van der Waals surface area (Å²) in [5.74, 6) is 3.18. The van der Waals surface area contributed by atoms with E-state index in [1.807, 2.05) is 0 Å². The third-order valence-corrected chi connectivity index (χ3v) is 2.58. The van der Waals surface area contributed by atoms with Gasteiger partial charge < -0.3 is 5.32 Å². The largest absolute Gasteiger partial charge is 0.355 e. The van der Waals surface area contributed by atoms with Gasteiger partial charge in [-0.2, -0.15) is 0 Å². The summed E-state index contributed by atoms with van der Waals surface area (Å²) in [4.78, 5) is 11.2. The van der Waals surface area contributed by atoms with Crippen molar-refractivity contribution in [2.45, 2.75) is 25.7 Å². The van der Waals surface area contributed by atoms with Crippen molar-refractivity contribution in [3.63, 3.8) is 0 Å². The van der Waals surface area contributed by atoms with E-state index in [-0.39, 0.29) is 5.91 Å². The Morgan fingerprint density at radius 1 is 1.43 bits per heavy atom. The number of rotatable bonds is 5. The topological polar surface area (TPSA) is 41.1 Å². The summed E-state index contributed by atoms with van der Waals surface area (Å²) in [6.07, 6.45) is 10.2. The van der Waals surface area contributed by atoms with E-state index in [0.29, 0.717) is 19.0 Å². The maximum Gasteiger partial charge on any atom is 0.233 e. The number of terminal acetylenes is 1. The Hall–Kier alpha value is -1.01. The molecule has 78 valence electrons. The van der Waals surface area contributed by atoms with E-state index in [4.69, 9.17) is 6.42 Å². The second kappa shape index (κ2) is 6.44. The van der Waals surface area contributed by atoms with Crippen LogP contribution in [0.15, 0.2) is 0 Å². The van der Waals surface area contributed by atoms with Crippen molar-refractivity contribution in [1.29, 1.82) is 0 Å². The molecule has 3 heteroatoms. The number of hydrogen-bond donors (Lipinski definition) is 2. The molecule has 1 amide bonds. The van der Waals surface area contributed by atoms with Crippen molar-refractivity contribution in [2.75, 3.05) is 19.6 Å². The highest BCUT2D eigenvalue weighted by molar-refractivity contribution is 5.77. The molecule has 14 heavy (non-hydrogen) atoms. The maximum absolute atomic E-state index is 11.2. The lowest BCUT2D eigenvalue weighted by Gasteiger charge is -2.10. The summed E-state index contributed by atoms with van der Waals surface area (Å²) in [7, 11) is 0. The molecule has 1 saturated carbocycles. The van der Waals surface area contributed by atoms with Crippen LogP contribution in [0.3, 0.4) is 0 Å². The van der Waals surface area contributed by atoms with Gasteiger partial charge in [-0.3, -0.25) is 10.1 Å². The zero-order chi connectivity index (χ0) is 10.2. The van der Waals surface area contributed by atoms with Crippen LogP contribution in [-0.4, -0.2) is 25.5 Å². The molecule has 0 aliphatic heterocycles. The van der Waals surface area contributed by atoms with Gasteiger partial charge in [0.05, 0.1) is 13.1 Å². The minimum Gasteiger partial charge on any atom is -0.355 e. The smallest absolute Gasteiger partial charge is 0.233 e. The molecule has 0 bridgehead atoms. The number of nitrogens with one attached hydrogen (secondary N) is 2. The fourth-order valence-corrected chi connectivity index (χ4v) is 1.78. The Balaban J connectivity index is 2.00. The van der Waals surface area contributed by atoms with Crippen molar-refractivity contribution < 1.29 is 4.79 Å². The van der Waals surface area contributed by atoms with Gasteiger partial charge in [0.25, 0.3) is 0 Å². The molecule has 1 fully saturated rings. The molecule has 3 nitrogen and oxygen atoms in total. The van der Waals surface area contributed by atoms with Crippen molar-refractivity contribution in [3.8, 4) is 12.3 Å². The van der Waals surface area contributed by atoms with E-state index >= 15 is 0 Å². The molecule has 0 spiro atoms. The summed E-state index contributed by atoms with van der Waals surface area (Å²) in [5, 5.41) is 5.78.